The summed E-state index contributed by atoms with van der Waals surface area (Å²) in [7, 11) is 0. The third kappa shape index (κ3) is 1.46. The molecule has 1 aliphatic rings. The van der Waals surface area contributed by atoms with Gasteiger partial charge in [-0.05, 0) is 6.42 Å². The molecule has 1 saturated heterocycles. The number of nitrogens with zero attached hydrogens (tertiary/aromatic N) is 1. The molecule has 56 valence electrons. The van der Waals surface area contributed by atoms with Gasteiger partial charge in [0, 0.05) is 13.1 Å². The van der Waals surface area contributed by atoms with E-state index in [0.717, 1.165) is 19.5 Å². The van der Waals surface area contributed by atoms with Gasteiger partial charge in [0.1, 0.15) is 6.42 Å². The molecule has 1 fully saturated rings. The molecule has 1 amide bonds. The molecule has 0 aromatic carbocycles. The number of amides is 1. The smallest absolute Gasteiger partial charge is 0.312 e. The van der Waals surface area contributed by atoms with Crippen LogP contribution in [0.4, 0.5) is 0 Å². The lowest BCUT2D eigenvalue weighted by molar-refractivity contribution is -0.145. The van der Waals surface area contributed by atoms with Gasteiger partial charge in [-0.2, -0.15) is 0 Å². The Morgan fingerprint density at radius 2 is 2.00 bits per heavy atom. The highest BCUT2D eigenvalue weighted by Gasteiger charge is 2.21. The van der Waals surface area contributed by atoms with E-state index < -0.39 is 5.97 Å². The third-order valence-electron chi connectivity index (χ3n) is 1.51. The number of rotatable bonds is 2. The maximum Gasteiger partial charge on any atom is 0.312 e. The van der Waals surface area contributed by atoms with Crippen LogP contribution in [0.5, 0.6) is 0 Å². The van der Waals surface area contributed by atoms with Gasteiger partial charge in [0.05, 0.1) is 0 Å². The minimum absolute atomic E-state index is 0.265. The highest BCUT2D eigenvalue weighted by molar-refractivity contribution is 5.93. The van der Waals surface area contributed by atoms with Crippen molar-refractivity contribution in [2.75, 3.05) is 13.1 Å². The first-order chi connectivity index (χ1) is 4.70. The number of likely N-dealkylation sites (tertiary alicyclic amines) is 1. The van der Waals surface area contributed by atoms with Crippen LogP contribution in [-0.4, -0.2) is 35.0 Å². The summed E-state index contributed by atoms with van der Waals surface area (Å²) in [5, 5.41) is 8.20. The maximum absolute atomic E-state index is 10.8. The summed E-state index contributed by atoms with van der Waals surface area (Å²) in [5.74, 6) is -1.31. The zero-order chi connectivity index (χ0) is 7.56. The van der Waals surface area contributed by atoms with Gasteiger partial charge in [-0.15, -0.1) is 0 Å². The van der Waals surface area contributed by atoms with Crippen molar-refractivity contribution in [3.63, 3.8) is 0 Å². The van der Waals surface area contributed by atoms with E-state index >= 15 is 0 Å². The Labute approximate surface area is 58.4 Å². The Kier molecular flexibility index (Phi) is 1.89. The standard InChI is InChI=1S/C6H9NO3/c8-5(4-6(9)10)7-2-1-3-7/h1-4H2,(H,9,10). The van der Waals surface area contributed by atoms with Gasteiger partial charge < -0.3 is 10.0 Å². The normalized spacial score (nSPS) is 16.2. The Bertz CT molecular complexity index is 162. The lowest BCUT2D eigenvalue weighted by Crippen LogP contribution is -2.42. The second-order valence-electron chi connectivity index (χ2n) is 2.30. The van der Waals surface area contributed by atoms with Gasteiger partial charge in [-0.3, -0.25) is 9.59 Å². The van der Waals surface area contributed by atoms with Crippen molar-refractivity contribution in [3.05, 3.63) is 0 Å². The minimum Gasteiger partial charge on any atom is -0.481 e. The molecule has 1 aliphatic heterocycles. The quantitative estimate of drug-likeness (QED) is 0.539. The number of hydrogen-bond donors (Lipinski definition) is 1. The third-order valence-corrected chi connectivity index (χ3v) is 1.51. The van der Waals surface area contributed by atoms with Crippen molar-refractivity contribution in [2.24, 2.45) is 0 Å². The fourth-order valence-corrected chi connectivity index (χ4v) is 0.807. The van der Waals surface area contributed by atoms with Crippen molar-refractivity contribution in [2.45, 2.75) is 12.8 Å². The first kappa shape index (κ1) is 7.05. The number of aliphatic carboxylic acids is 1. The second-order valence-corrected chi connectivity index (χ2v) is 2.30. The average Bonchev–Trinajstić information content (AvgIpc) is 1.55. The van der Waals surface area contributed by atoms with Crippen LogP contribution in [0.3, 0.4) is 0 Å². The first-order valence-electron chi connectivity index (χ1n) is 3.20. The minimum atomic E-state index is -1.04. The van der Waals surface area contributed by atoms with E-state index in [9.17, 15) is 9.59 Å². The van der Waals surface area contributed by atoms with Crippen molar-refractivity contribution in [3.8, 4) is 0 Å². The van der Waals surface area contributed by atoms with Crippen LogP contribution in [0.2, 0.25) is 0 Å². The maximum atomic E-state index is 10.8. The molecule has 0 aromatic heterocycles. The van der Waals surface area contributed by atoms with E-state index in [1.165, 1.54) is 0 Å². The van der Waals surface area contributed by atoms with E-state index in [-0.39, 0.29) is 12.3 Å². The summed E-state index contributed by atoms with van der Waals surface area (Å²) in [4.78, 5) is 22.3. The molecule has 4 heteroatoms. The van der Waals surface area contributed by atoms with E-state index in [2.05, 4.69) is 0 Å². The molecule has 0 aromatic rings. The van der Waals surface area contributed by atoms with E-state index in [4.69, 9.17) is 5.11 Å². The fourth-order valence-electron chi connectivity index (χ4n) is 0.807. The average molecular weight is 143 g/mol. The molecule has 0 bridgehead atoms. The fraction of sp³-hybridized carbons (Fsp3) is 0.667. The number of carbonyl (C=O) groups excluding carboxylic acids is 1. The van der Waals surface area contributed by atoms with Crippen molar-refractivity contribution < 1.29 is 14.7 Å². The molecule has 0 spiro atoms. The molecule has 1 heterocycles. The van der Waals surface area contributed by atoms with Gasteiger partial charge in [-0.1, -0.05) is 0 Å². The number of carbonyl (C=O) groups is 2. The van der Waals surface area contributed by atoms with Crippen LogP contribution in [0.1, 0.15) is 12.8 Å². The van der Waals surface area contributed by atoms with Crippen LogP contribution in [0.15, 0.2) is 0 Å². The van der Waals surface area contributed by atoms with Crippen LogP contribution < -0.4 is 0 Å². The molecule has 4 nitrogen and oxygen atoms in total. The van der Waals surface area contributed by atoms with Gasteiger partial charge in [0.25, 0.3) is 0 Å². The largest absolute Gasteiger partial charge is 0.481 e. The van der Waals surface area contributed by atoms with Gasteiger partial charge in [0.15, 0.2) is 0 Å². The topological polar surface area (TPSA) is 57.6 Å². The zero-order valence-corrected chi connectivity index (χ0v) is 5.54. The molecule has 0 atom stereocenters. The van der Waals surface area contributed by atoms with Crippen LogP contribution in [0, 0.1) is 0 Å². The first-order valence-corrected chi connectivity index (χ1v) is 3.20. The van der Waals surface area contributed by atoms with Gasteiger partial charge in [0.2, 0.25) is 5.91 Å². The molecular weight excluding hydrogens is 134 g/mol. The summed E-state index contributed by atoms with van der Waals surface area (Å²) in [6, 6.07) is 0. The molecule has 1 rings (SSSR count). The monoisotopic (exact) mass is 143 g/mol. The van der Waals surface area contributed by atoms with Crippen LogP contribution in [0.25, 0.3) is 0 Å². The van der Waals surface area contributed by atoms with Crippen LogP contribution in [-0.2, 0) is 9.59 Å². The SMILES string of the molecule is O=C(O)CC(=O)N1CCC1. The molecular formula is C6H9NO3. The van der Waals surface area contributed by atoms with Gasteiger partial charge in [-0.25, -0.2) is 0 Å². The summed E-state index contributed by atoms with van der Waals surface area (Å²) in [5.41, 5.74) is 0. The van der Waals surface area contributed by atoms with Crippen LogP contribution >= 0.6 is 0 Å². The predicted octanol–water partition coefficient (Wildman–Crippen LogP) is -0.307. The van der Waals surface area contributed by atoms with Crippen molar-refractivity contribution >= 4 is 11.9 Å². The Hall–Kier alpha value is -1.06. The molecule has 0 unspecified atom stereocenters. The highest BCUT2D eigenvalue weighted by Crippen LogP contribution is 2.06. The Balaban J connectivity index is 2.27. The number of carboxylic acids is 1. The number of carboxylic acid groups (broad SMARTS) is 1. The molecule has 0 radical (unpaired) electrons. The van der Waals surface area contributed by atoms with Gasteiger partial charge >= 0.3 is 5.97 Å². The zero-order valence-electron chi connectivity index (χ0n) is 5.54. The van der Waals surface area contributed by atoms with Crippen molar-refractivity contribution in [1.82, 2.24) is 4.90 Å². The summed E-state index contributed by atoms with van der Waals surface area (Å²) < 4.78 is 0. The Morgan fingerprint density at radius 3 is 2.30 bits per heavy atom. The summed E-state index contributed by atoms with van der Waals surface area (Å²) in [6.07, 6.45) is 0.644. The van der Waals surface area contributed by atoms with Crippen molar-refractivity contribution in [1.29, 1.82) is 0 Å². The lowest BCUT2D eigenvalue weighted by atomic mass is 10.2. The second kappa shape index (κ2) is 2.68. The Morgan fingerprint density at radius 1 is 1.40 bits per heavy atom. The molecule has 10 heavy (non-hydrogen) atoms. The van der Waals surface area contributed by atoms with E-state index in [1.54, 1.807) is 4.90 Å². The highest BCUT2D eigenvalue weighted by atomic mass is 16.4. The van der Waals surface area contributed by atoms with E-state index in [1.807, 2.05) is 0 Å². The molecule has 0 saturated carbocycles. The summed E-state index contributed by atoms with van der Waals surface area (Å²) in [6.45, 7) is 1.46. The molecule has 0 aliphatic carbocycles. The lowest BCUT2D eigenvalue weighted by Gasteiger charge is -2.30. The molecule has 1 N–H and O–H groups in total. The van der Waals surface area contributed by atoms with E-state index in [0.29, 0.717) is 0 Å². The number of hydrogen-bond acceptors (Lipinski definition) is 2. The summed E-state index contributed by atoms with van der Waals surface area (Å²) >= 11 is 0. The predicted molar refractivity (Wildman–Crippen MR) is 33.4 cm³/mol.